The number of hydrogen-bond donors (Lipinski definition) is 2. The van der Waals surface area contributed by atoms with Gasteiger partial charge in [0.2, 0.25) is 0 Å². The fourth-order valence-electron chi connectivity index (χ4n) is 5.60. The molecule has 2 aromatic rings. The van der Waals surface area contributed by atoms with Crippen molar-refractivity contribution >= 4 is 39.1 Å². The minimum absolute atomic E-state index is 0.0367. The van der Waals surface area contributed by atoms with Gasteiger partial charge in [0.15, 0.2) is 0 Å². The Bertz CT molecular complexity index is 1150. The Labute approximate surface area is 285 Å². The first kappa shape index (κ1) is 37.9. The average Bonchev–Trinajstić information content (AvgIpc) is 2.92. The van der Waals surface area contributed by atoms with Crippen molar-refractivity contribution in [3.05, 3.63) is 57.6 Å². The predicted molar refractivity (Wildman–Crippen MR) is 209 cm³/mol. The summed E-state index contributed by atoms with van der Waals surface area (Å²) < 4.78 is 2.06. The van der Waals surface area contributed by atoms with Crippen LogP contribution >= 0.6 is 39.1 Å². The van der Waals surface area contributed by atoms with E-state index in [9.17, 15) is 10.2 Å². The molecule has 2 aromatic carbocycles. The Morgan fingerprint density at radius 2 is 1.11 bits per heavy atom. The van der Waals surface area contributed by atoms with Gasteiger partial charge in [0.25, 0.3) is 0 Å². The third kappa shape index (κ3) is 9.52. The molecule has 2 N–H and O–H groups in total. The normalized spacial score (nSPS) is 18.3. The molecule has 1 aliphatic heterocycles. The van der Waals surface area contributed by atoms with Crippen molar-refractivity contribution in [2.24, 2.45) is 0 Å². The molecule has 0 amide bonds. The van der Waals surface area contributed by atoms with E-state index in [0.717, 1.165) is 46.6 Å². The Morgan fingerprint density at radius 3 is 1.57 bits per heavy atom. The topological polar surface area (TPSA) is 40.5 Å². The van der Waals surface area contributed by atoms with Gasteiger partial charge in [-0.15, -0.1) is 0 Å². The first-order chi connectivity index (χ1) is 20.3. The zero-order valence-corrected chi connectivity index (χ0v) is 33.8. The number of alkyl halides is 2. The number of aromatic hydroxyl groups is 2. The summed E-state index contributed by atoms with van der Waals surface area (Å²) in [6.45, 7) is 27.2. The summed E-state index contributed by atoms with van der Waals surface area (Å²) in [6, 6.07) is 9.13. The molecule has 0 aliphatic carbocycles. The van der Waals surface area contributed by atoms with Gasteiger partial charge in [-0.1, -0.05) is 0 Å². The first-order valence-corrected chi connectivity index (χ1v) is 24.3. The molecule has 3 rings (SSSR count). The van der Waals surface area contributed by atoms with Crippen molar-refractivity contribution in [3.63, 3.8) is 0 Å². The van der Waals surface area contributed by atoms with E-state index in [0.29, 0.717) is 14.8 Å². The molecule has 0 saturated carbocycles. The summed E-state index contributed by atoms with van der Waals surface area (Å²) in [7, 11) is 2.21. The SMILES string of the molecule is CCC(C)(C)c1cc(C(C)(C)C)cc(CSC2CCCCCCI2SCc2cc(C(C)(C)C)cc(C(C)(C)CC)c2O)c1O. The molecular formula is C39H63IO2S2. The molecular weight excluding hydrogens is 691 g/mol. The summed E-state index contributed by atoms with van der Waals surface area (Å²) in [5.41, 5.74) is 7.06. The second kappa shape index (κ2) is 15.1. The molecule has 1 heterocycles. The number of rotatable bonds is 10. The first-order valence-electron chi connectivity index (χ1n) is 16.9. The van der Waals surface area contributed by atoms with Gasteiger partial charge in [0, 0.05) is 0 Å². The van der Waals surface area contributed by atoms with E-state index in [2.05, 4.69) is 128 Å². The molecule has 0 bridgehead atoms. The van der Waals surface area contributed by atoms with Crippen molar-refractivity contribution < 1.29 is 10.2 Å². The van der Waals surface area contributed by atoms with Gasteiger partial charge in [-0.25, -0.2) is 0 Å². The van der Waals surface area contributed by atoms with Gasteiger partial charge < -0.3 is 0 Å². The van der Waals surface area contributed by atoms with E-state index in [1.165, 1.54) is 47.7 Å². The number of phenols is 2. The van der Waals surface area contributed by atoms with Crippen molar-refractivity contribution in [2.45, 2.75) is 164 Å². The minimum atomic E-state index is -1.42. The van der Waals surface area contributed by atoms with Crippen LogP contribution in [0.4, 0.5) is 0 Å². The molecule has 5 heteroatoms. The second-order valence-electron chi connectivity index (χ2n) is 16.3. The van der Waals surface area contributed by atoms with Crippen molar-refractivity contribution in [1.82, 2.24) is 0 Å². The van der Waals surface area contributed by atoms with Gasteiger partial charge in [0.1, 0.15) is 0 Å². The Balaban J connectivity index is 1.92. The maximum absolute atomic E-state index is 11.6. The molecule has 1 fully saturated rings. The fraction of sp³-hybridized carbons (Fsp3) is 0.692. The third-order valence-electron chi connectivity index (χ3n) is 9.88. The van der Waals surface area contributed by atoms with Crippen LogP contribution in [0.25, 0.3) is 0 Å². The van der Waals surface area contributed by atoms with E-state index in [1.807, 2.05) is 0 Å². The van der Waals surface area contributed by atoms with Crippen molar-refractivity contribution in [1.29, 1.82) is 0 Å². The molecule has 0 aromatic heterocycles. The van der Waals surface area contributed by atoms with E-state index in [1.54, 1.807) is 0 Å². The maximum atomic E-state index is 11.6. The van der Waals surface area contributed by atoms with Crippen LogP contribution in [0.5, 0.6) is 11.5 Å². The Morgan fingerprint density at radius 1 is 0.659 bits per heavy atom. The average molecular weight is 755 g/mol. The summed E-state index contributed by atoms with van der Waals surface area (Å²) in [6.07, 6.45) is 8.64. The Kier molecular flexibility index (Phi) is 13.0. The third-order valence-corrected chi connectivity index (χ3v) is 24.7. The molecule has 250 valence electrons. The van der Waals surface area contributed by atoms with E-state index in [-0.39, 0.29) is 21.7 Å². The zero-order chi connectivity index (χ0) is 33.1. The van der Waals surface area contributed by atoms with Crippen LogP contribution in [0.3, 0.4) is 0 Å². The number of halogens is 1. The zero-order valence-electron chi connectivity index (χ0n) is 30.0. The van der Waals surface area contributed by atoms with E-state index in [4.69, 9.17) is 0 Å². The molecule has 0 radical (unpaired) electrons. The van der Waals surface area contributed by atoms with Crippen molar-refractivity contribution in [2.75, 3.05) is 4.43 Å². The summed E-state index contributed by atoms with van der Waals surface area (Å²) >= 11 is 0.709. The van der Waals surface area contributed by atoms with E-state index < -0.39 is 18.4 Å². The van der Waals surface area contributed by atoms with Crippen molar-refractivity contribution in [3.8, 4) is 11.5 Å². The van der Waals surface area contributed by atoms with Crippen LogP contribution in [-0.2, 0) is 33.2 Å². The monoisotopic (exact) mass is 754 g/mol. The number of hydrogen-bond acceptors (Lipinski definition) is 4. The fourth-order valence-corrected chi connectivity index (χ4v) is 20.6. The molecule has 2 nitrogen and oxygen atoms in total. The van der Waals surface area contributed by atoms with Crippen LogP contribution in [0, 0.1) is 0 Å². The summed E-state index contributed by atoms with van der Waals surface area (Å²) in [4.78, 5) is 0. The Hall–Kier alpha value is -0.530. The second-order valence-corrected chi connectivity index (χ2v) is 27.9. The number of thioether (sulfide) groups is 1. The van der Waals surface area contributed by atoms with Gasteiger partial charge in [-0.05, 0) is 0 Å². The molecule has 1 unspecified atom stereocenters. The van der Waals surface area contributed by atoms with Gasteiger partial charge in [-0.2, -0.15) is 0 Å². The molecule has 0 spiro atoms. The van der Waals surface area contributed by atoms with Gasteiger partial charge >= 0.3 is 287 Å². The summed E-state index contributed by atoms with van der Waals surface area (Å²) in [5, 5.41) is 23.2. The van der Waals surface area contributed by atoms with Gasteiger partial charge in [0.05, 0.1) is 0 Å². The molecule has 44 heavy (non-hydrogen) atoms. The van der Waals surface area contributed by atoms with Crippen LogP contribution in [0.2, 0.25) is 0 Å². The van der Waals surface area contributed by atoms with Crippen LogP contribution < -0.4 is 0 Å². The summed E-state index contributed by atoms with van der Waals surface area (Å²) in [5.74, 6) is 2.83. The predicted octanol–water partition coefficient (Wildman–Crippen LogP) is 12.9. The molecule has 1 atom stereocenters. The number of benzene rings is 2. The van der Waals surface area contributed by atoms with Crippen LogP contribution in [-0.4, -0.2) is 17.9 Å². The number of phenolic OH excluding ortho intramolecular Hbond substituents is 2. The molecule has 1 aliphatic rings. The van der Waals surface area contributed by atoms with Crippen LogP contribution in [0.15, 0.2) is 24.3 Å². The quantitative estimate of drug-likeness (QED) is 0.187. The van der Waals surface area contributed by atoms with Crippen LogP contribution in [0.1, 0.15) is 161 Å². The molecule has 1 saturated heterocycles. The van der Waals surface area contributed by atoms with E-state index >= 15 is 0 Å². The standard InChI is InChI=1S/C39H63IO2S2/c1-13-38(9,10)31-23-29(36(3,4)5)21-27(34(31)41)25-43-33-19-17-15-16-18-20-40(33)44-26-28-22-30(37(6,7)8)24-32(35(28)42)39(11,12)14-2/h21-24,33,41-42H,13-20,25-26H2,1-12H3. The van der Waals surface area contributed by atoms with Gasteiger partial charge in [-0.3, -0.25) is 0 Å².